The van der Waals surface area contributed by atoms with Crippen molar-refractivity contribution in [3.8, 4) is 5.75 Å². The zero-order valence-electron chi connectivity index (χ0n) is 14.9. The average molecular weight is 373 g/mol. The molecule has 1 atom stereocenters. The molecular weight excluding hydrogens is 355 g/mol. The maximum atomic E-state index is 13.2. The molecule has 140 valence electrons. The van der Waals surface area contributed by atoms with Gasteiger partial charge in [-0.3, -0.25) is 9.36 Å². The van der Waals surface area contributed by atoms with Gasteiger partial charge in [-0.1, -0.05) is 30.3 Å². The number of carbonyl (C=O) groups is 1. The summed E-state index contributed by atoms with van der Waals surface area (Å²) in [6.07, 6.45) is -3.31. The van der Waals surface area contributed by atoms with Gasteiger partial charge in [-0.05, 0) is 43.5 Å². The van der Waals surface area contributed by atoms with E-state index >= 15 is 0 Å². The molecule has 1 aromatic heterocycles. The van der Waals surface area contributed by atoms with Crippen LogP contribution in [0.2, 0.25) is 0 Å². The van der Waals surface area contributed by atoms with Gasteiger partial charge in [0, 0.05) is 12.3 Å². The summed E-state index contributed by atoms with van der Waals surface area (Å²) in [6, 6.07) is 13.2. The molecule has 0 aliphatic carbocycles. The highest BCUT2D eigenvalue weighted by Crippen LogP contribution is 2.45. The molecule has 0 amide bonds. The largest absolute Gasteiger partial charge is 0.480 e. The zero-order chi connectivity index (χ0) is 19.4. The van der Waals surface area contributed by atoms with Crippen molar-refractivity contribution in [2.45, 2.75) is 38.5 Å². The molecule has 6 heteroatoms. The summed E-state index contributed by atoms with van der Waals surface area (Å²) in [4.78, 5) is 12.2. The van der Waals surface area contributed by atoms with E-state index in [2.05, 4.69) is 0 Å². The van der Waals surface area contributed by atoms with Crippen molar-refractivity contribution in [3.05, 3.63) is 65.4 Å². The number of alkyl halides is 3. The Hall–Kier alpha value is -2.76. The molecule has 0 spiro atoms. The summed E-state index contributed by atoms with van der Waals surface area (Å²) >= 11 is 0. The van der Waals surface area contributed by atoms with Crippen molar-refractivity contribution in [1.29, 1.82) is 0 Å². The normalized spacial score (nSPS) is 19.6. The third kappa shape index (κ3) is 2.80. The first-order chi connectivity index (χ1) is 12.7. The van der Waals surface area contributed by atoms with Crippen LogP contribution in [0.4, 0.5) is 13.2 Å². The smallest absolute Gasteiger partial charge is 0.416 e. The monoisotopic (exact) mass is 373 g/mol. The molecule has 1 unspecified atom stereocenters. The van der Waals surface area contributed by atoms with Crippen LogP contribution in [0.5, 0.6) is 5.75 Å². The molecule has 27 heavy (non-hydrogen) atoms. The highest BCUT2D eigenvalue weighted by Gasteiger charge is 2.38. The fourth-order valence-electron chi connectivity index (χ4n) is 3.81. The van der Waals surface area contributed by atoms with Crippen LogP contribution in [0, 0.1) is 0 Å². The Balaban J connectivity index is 1.91. The molecule has 2 aromatic carbocycles. The number of fused-ring (bicyclic) bond motifs is 3. The van der Waals surface area contributed by atoms with Crippen LogP contribution < -0.4 is 4.74 Å². The van der Waals surface area contributed by atoms with E-state index in [1.165, 1.54) is 17.6 Å². The molecule has 1 aliphatic heterocycles. The molecule has 0 saturated carbocycles. The van der Waals surface area contributed by atoms with Crippen LogP contribution in [0.1, 0.15) is 41.9 Å². The number of benzene rings is 2. The minimum absolute atomic E-state index is 0.236. The van der Waals surface area contributed by atoms with Crippen molar-refractivity contribution in [2.75, 3.05) is 0 Å². The molecule has 0 fully saturated rings. The lowest BCUT2D eigenvalue weighted by atomic mass is 9.88. The topological polar surface area (TPSA) is 31.2 Å². The number of hydrogen-bond acceptors (Lipinski definition) is 2. The van der Waals surface area contributed by atoms with Gasteiger partial charge in [0.2, 0.25) is 5.91 Å². The highest BCUT2D eigenvalue weighted by atomic mass is 19.4. The molecule has 0 saturated heterocycles. The van der Waals surface area contributed by atoms with Crippen LogP contribution in [-0.4, -0.2) is 10.5 Å². The van der Waals surface area contributed by atoms with E-state index in [-0.39, 0.29) is 11.4 Å². The summed E-state index contributed by atoms with van der Waals surface area (Å²) in [5.41, 5.74) is 0.474. The molecule has 0 N–H and O–H groups in total. The Kier molecular flexibility index (Phi) is 3.84. The van der Waals surface area contributed by atoms with Crippen molar-refractivity contribution in [3.63, 3.8) is 0 Å². The first-order valence-electron chi connectivity index (χ1n) is 8.71. The quantitative estimate of drug-likeness (QED) is 0.559. The number of halogens is 3. The van der Waals surface area contributed by atoms with E-state index in [0.29, 0.717) is 29.7 Å². The van der Waals surface area contributed by atoms with E-state index in [1.54, 1.807) is 0 Å². The standard InChI is InChI=1S/C21H18F3NO2/c1-13(26)25-17-10-11-20(2,14-6-4-3-5-7-14)27-19(17)16-9-8-15(12-18(16)25)21(22,23)24/h3-9,12H,10-11H2,1-2H3. The van der Waals surface area contributed by atoms with Gasteiger partial charge >= 0.3 is 6.18 Å². The minimum atomic E-state index is -4.47. The summed E-state index contributed by atoms with van der Waals surface area (Å²) < 4.78 is 47.1. The summed E-state index contributed by atoms with van der Waals surface area (Å²) in [7, 11) is 0. The summed E-state index contributed by atoms with van der Waals surface area (Å²) in [6.45, 7) is 3.32. The predicted molar refractivity (Wildman–Crippen MR) is 96.0 cm³/mol. The second kappa shape index (κ2) is 5.87. The van der Waals surface area contributed by atoms with Gasteiger partial charge < -0.3 is 4.74 Å². The molecule has 0 radical (unpaired) electrons. The van der Waals surface area contributed by atoms with Gasteiger partial charge in [0.1, 0.15) is 11.4 Å². The van der Waals surface area contributed by atoms with Crippen molar-refractivity contribution in [2.24, 2.45) is 0 Å². The van der Waals surface area contributed by atoms with Crippen LogP contribution in [0.25, 0.3) is 10.9 Å². The van der Waals surface area contributed by atoms with Crippen LogP contribution in [0.15, 0.2) is 48.5 Å². The van der Waals surface area contributed by atoms with Gasteiger partial charge in [0.25, 0.3) is 0 Å². The number of hydrogen-bond donors (Lipinski definition) is 0. The minimum Gasteiger partial charge on any atom is -0.480 e. The van der Waals surface area contributed by atoms with Crippen molar-refractivity contribution >= 4 is 16.8 Å². The lowest BCUT2D eigenvalue weighted by Crippen LogP contribution is -2.34. The number of nitrogens with zero attached hydrogens (tertiary/aromatic N) is 1. The van der Waals surface area contributed by atoms with E-state index in [0.717, 1.165) is 17.7 Å². The van der Waals surface area contributed by atoms with E-state index in [4.69, 9.17) is 4.74 Å². The Morgan fingerprint density at radius 3 is 2.48 bits per heavy atom. The first-order valence-corrected chi connectivity index (χ1v) is 8.71. The number of aromatic nitrogens is 1. The Morgan fingerprint density at radius 2 is 1.85 bits per heavy atom. The molecule has 1 aliphatic rings. The Bertz CT molecular complexity index is 1040. The van der Waals surface area contributed by atoms with Crippen molar-refractivity contribution in [1.82, 2.24) is 4.57 Å². The Morgan fingerprint density at radius 1 is 1.15 bits per heavy atom. The molecule has 3 aromatic rings. The second-order valence-corrected chi connectivity index (χ2v) is 7.06. The second-order valence-electron chi connectivity index (χ2n) is 7.06. The van der Waals surface area contributed by atoms with Crippen LogP contribution in [-0.2, 0) is 18.2 Å². The Labute approximate surface area is 154 Å². The summed E-state index contributed by atoms with van der Waals surface area (Å²) in [5.74, 6) is 0.166. The SMILES string of the molecule is CC(=O)n1c2c(c3ccc(C(F)(F)F)cc31)OC(C)(c1ccccc1)CC2. The molecule has 0 bridgehead atoms. The van der Waals surface area contributed by atoms with E-state index in [9.17, 15) is 18.0 Å². The number of carbonyl (C=O) groups excluding carboxylic acids is 1. The third-order valence-corrected chi connectivity index (χ3v) is 5.21. The average Bonchev–Trinajstić information content (AvgIpc) is 2.94. The molecule has 4 rings (SSSR count). The van der Waals surface area contributed by atoms with Crippen LogP contribution >= 0.6 is 0 Å². The van der Waals surface area contributed by atoms with Gasteiger partial charge in [-0.25, -0.2) is 0 Å². The highest BCUT2D eigenvalue weighted by molar-refractivity contribution is 5.98. The van der Waals surface area contributed by atoms with E-state index in [1.807, 2.05) is 37.3 Å². The number of ether oxygens (including phenoxy) is 1. The van der Waals surface area contributed by atoms with Gasteiger partial charge in [-0.2, -0.15) is 13.2 Å². The van der Waals surface area contributed by atoms with Gasteiger partial charge in [0.05, 0.1) is 16.8 Å². The lowest BCUT2D eigenvalue weighted by molar-refractivity contribution is -0.137. The lowest BCUT2D eigenvalue weighted by Gasteiger charge is -2.35. The molecule has 2 heterocycles. The van der Waals surface area contributed by atoms with Crippen molar-refractivity contribution < 1.29 is 22.7 Å². The fraction of sp³-hybridized carbons (Fsp3) is 0.286. The van der Waals surface area contributed by atoms with Crippen LogP contribution in [0.3, 0.4) is 0 Å². The first kappa shape index (κ1) is 17.6. The van der Waals surface area contributed by atoms with E-state index < -0.39 is 17.3 Å². The fourth-order valence-corrected chi connectivity index (χ4v) is 3.81. The zero-order valence-corrected chi connectivity index (χ0v) is 14.9. The third-order valence-electron chi connectivity index (χ3n) is 5.21. The van der Waals surface area contributed by atoms with Gasteiger partial charge in [0.15, 0.2) is 0 Å². The van der Waals surface area contributed by atoms with Gasteiger partial charge in [-0.15, -0.1) is 0 Å². The maximum Gasteiger partial charge on any atom is 0.416 e. The maximum absolute atomic E-state index is 13.2. The molecular formula is C21H18F3NO2. The molecule has 3 nitrogen and oxygen atoms in total. The summed E-state index contributed by atoms with van der Waals surface area (Å²) in [5, 5.41) is 0.523. The number of rotatable bonds is 1. The predicted octanol–water partition coefficient (Wildman–Crippen LogP) is 5.56.